The fourth-order valence-electron chi connectivity index (χ4n) is 2.49. The maximum absolute atomic E-state index is 11.4. The third-order valence-electron chi connectivity index (χ3n) is 3.65. The van der Waals surface area contributed by atoms with Crippen LogP contribution in [0.1, 0.15) is 6.42 Å². The van der Waals surface area contributed by atoms with Crippen molar-refractivity contribution in [2.45, 2.75) is 12.5 Å². The minimum Gasteiger partial charge on any atom is -0.414 e. The molecule has 1 fully saturated rings. The van der Waals surface area contributed by atoms with Crippen LogP contribution in [0.2, 0.25) is 5.15 Å². The summed E-state index contributed by atoms with van der Waals surface area (Å²) in [5, 5.41) is 0.183. The van der Waals surface area contributed by atoms with Crippen LogP contribution in [0.15, 0.2) is 24.5 Å². The molecule has 3 rings (SSSR count). The molecule has 0 amide bonds. The van der Waals surface area contributed by atoms with Crippen LogP contribution in [-0.2, 0) is 0 Å². The van der Waals surface area contributed by atoms with Gasteiger partial charge in [0.2, 0.25) is 5.58 Å². The first-order chi connectivity index (χ1) is 9.95. The number of nitrogens with zero attached hydrogens (tertiary/aromatic N) is 3. The lowest BCUT2D eigenvalue weighted by Gasteiger charge is -2.21. The summed E-state index contributed by atoms with van der Waals surface area (Å²) in [5.41, 5.74) is -1.81. The first-order valence-corrected chi connectivity index (χ1v) is 6.89. The normalized spacial score (nSPS) is 18.9. The summed E-state index contributed by atoms with van der Waals surface area (Å²) in [4.78, 5) is 31.0. The Morgan fingerprint density at radius 1 is 1.33 bits per heavy atom. The Morgan fingerprint density at radius 2 is 2.05 bits per heavy atom. The Bertz CT molecular complexity index is 798. The van der Waals surface area contributed by atoms with E-state index in [0.29, 0.717) is 11.9 Å². The highest BCUT2D eigenvalue weighted by molar-refractivity contribution is 6.30. The smallest absolute Gasteiger partial charge is 0.414 e. The zero-order valence-electron chi connectivity index (χ0n) is 11.6. The van der Waals surface area contributed by atoms with Crippen molar-refractivity contribution in [3.63, 3.8) is 0 Å². The van der Waals surface area contributed by atoms with E-state index in [1.165, 1.54) is 6.07 Å². The molecule has 0 saturated carbocycles. The van der Waals surface area contributed by atoms with Crippen LogP contribution in [0.25, 0.3) is 11.2 Å². The van der Waals surface area contributed by atoms with Crippen molar-refractivity contribution in [3.8, 4) is 0 Å². The lowest BCUT2D eigenvalue weighted by atomic mass is 10.2. The van der Waals surface area contributed by atoms with Crippen molar-refractivity contribution < 1.29 is 8.83 Å². The van der Waals surface area contributed by atoms with E-state index in [4.69, 9.17) is 20.4 Å². The molecule has 0 aromatic carbocycles. The van der Waals surface area contributed by atoms with Gasteiger partial charge in [0.15, 0.2) is 11.4 Å². The number of halogens is 1. The summed E-state index contributed by atoms with van der Waals surface area (Å²) >= 11 is 5.96. The van der Waals surface area contributed by atoms with Crippen LogP contribution in [0.5, 0.6) is 0 Å². The second kappa shape index (κ2) is 5.16. The maximum Gasteiger partial charge on any atom is 0.423 e. The Morgan fingerprint density at radius 3 is 2.71 bits per heavy atom. The molecule has 1 atom stereocenters. The van der Waals surface area contributed by atoms with Gasteiger partial charge in [0.25, 0.3) is 0 Å². The van der Waals surface area contributed by atoms with Crippen molar-refractivity contribution in [1.82, 2.24) is 9.88 Å². The molecular weight excluding hydrogens is 298 g/mol. The summed E-state index contributed by atoms with van der Waals surface area (Å²) in [7, 11) is 4.02. The van der Waals surface area contributed by atoms with Crippen LogP contribution >= 0.6 is 11.6 Å². The number of likely N-dealkylation sites (N-methyl/N-ethyl adjacent to an activating group) is 1. The first-order valence-electron chi connectivity index (χ1n) is 6.51. The lowest BCUT2D eigenvalue weighted by molar-refractivity contribution is 0.315. The molecule has 2 aromatic rings. The van der Waals surface area contributed by atoms with Gasteiger partial charge in [-0.05, 0) is 20.5 Å². The average Bonchev–Trinajstić information content (AvgIpc) is 2.89. The van der Waals surface area contributed by atoms with E-state index in [0.717, 1.165) is 19.5 Å². The minimum absolute atomic E-state index is 0.128. The summed E-state index contributed by atoms with van der Waals surface area (Å²) < 4.78 is 9.97. The zero-order chi connectivity index (χ0) is 15.1. The van der Waals surface area contributed by atoms with Crippen LogP contribution in [0.4, 0.5) is 5.82 Å². The van der Waals surface area contributed by atoms with E-state index in [1.54, 1.807) is 0 Å². The SMILES string of the molecule is CN(C)C1CCN(c2nc(Cl)cc3oc(=O)c(=O)oc23)C1. The van der Waals surface area contributed by atoms with Crippen molar-refractivity contribution in [3.05, 3.63) is 32.1 Å². The van der Waals surface area contributed by atoms with E-state index in [2.05, 4.69) is 9.88 Å². The minimum atomic E-state index is -1.05. The number of fused-ring (bicyclic) bond motifs is 1. The van der Waals surface area contributed by atoms with E-state index >= 15 is 0 Å². The van der Waals surface area contributed by atoms with Gasteiger partial charge >= 0.3 is 11.3 Å². The number of pyridine rings is 1. The van der Waals surface area contributed by atoms with Crippen LogP contribution in [0.3, 0.4) is 0 Å². The number of aromatic nitrogens is 1. The van der Waals surface area contributed by atoms with Crippen LogP contribution in [-0.4, -0.2) is 43.1 Å². The molecule has 1 saturated heterocycles. The molecular formula is C13H14ClN3O4. The van der Waals surface area contributed by atoms with Gasteiger partial charge in [0.05, 0.1) is 0 Å². The highest BCUT2D eigenvalue weighted by atomic mass is 35.5. The Labute approximate surface area is 124 Å². The molecule has 1 aliphatic heterocycles. The highest BCUT2D eigenvalue weighted by Gasteiger charge is 2.28. The molecule has 0 spiro atoms. The van der Waals surface area contributed by atoms with Crippen molar-refractivity contribution in [1.29, 1.82) is 0 Å². The van der Waals surface area contributed by atoms with E-state index in [9.17, 15) is 9.59 Å². The van der Waals surface area contributed by atoms with Crippen molar-refractivity contribution >= 4 is 28.6 Å². The molecule has 1 aliphatic rings. The van der Waals surface area contributed by atoms with Gasteiger partial charge in [-0.2, -0.15) is 0 Å². The van der Waals surface area contributed by atoms with Gasteiger partial charge in [-0.25, -0.2) is 14.6 Å². The number of anilines is 1. The predicted octanol–water partition coefficient (Wildman–Crippen LogP) is 0.935. The predicted molar refractivity (Wildman–Crippen MR) is 78.1 cm³/mol. The van der Waals surface area contributed by atoms with E-state index in [-0.39, 0.29) is 16.3 Å². The molecule has 0 N–H and O–H groups in total. The molecule has 112 valence electrons. The van der Waals surface area contributed by atoms with Gasteiger partial charge in [0, 0.05) is 25.2 Å². The Hall–Kier alpha value is -1.86. The Balaban J connectivity index is 2.12. The highest BCUT2D eigenvalue weighted by Crippen LogP contribution is 2.29. The quantitative estimate of drug-likeness (QED) is 0.603. The van der Waals surface area contributed by atoms with E-state index < -0.39 is 11.3 Å². The maximum atomic E-state index is 11.4. The second-order valence-corrected chi connectivity index (χ2v) is 5.61. The number of rotatable bonds is 2. The van der Waals surface area contributed by atoms with Gasteiger partial charge in [-0.1, -0.05) is 11.6 Å². The molecule has 1 unspecified atom stereocenters. The fraction of sp³-hybridized carbons (Fsp3) is 0.462. The van der Waals surface area contributed by atoms with Gasteiger partial charge in [0.1, 0.15) is 5.15 Å². The number of hydrogen-bond acceptors (Lipinski definition) is 7. The number of hydrogen-bond donors (Lipinski definition) is 0. The Kier molecular flexibility index (Phi) is 3.46. The molecule has 0 bridgehead atoms. The van der Waals surface area contributed by atoms with Crippen molar-refractivity contribution in [2.75, 3.05) is 32.1 Å². The standard InChI is InChI=1S/C13H14ClN3O4/c1-16(2)7-3-4-17(6-7)11-10-8(5-9(14)15-11)20-12(18)13(19)21-10/h5,7H,3-4,6H2,1-2H3. The lowest BCUT2D eigenvalue weighted by Crippen LogP contribution is -2.32. The van der Waals surface area contributed by atoms with Gasteiger partial charge in [-0.15, -0.1) is 0 Å². The largest absolute Gasteiger partial charge is 0.423 e. The summed E-state index contributed by atoms with van der Waals surface area (Å²) in [5.74, 6) is 0.433. The first kappa shape index (κ1) is 14.1. The summed E-state index contributed by atoms with van der Waals surface area (Å²) in [6.45, 7) is 1.49. The molecule has 7 nitrogen and oxygen atoms in total. The molecule has 0 aliphatic carbocycles. The van der Waals surface area contributed by atoms with Gasteiger partial charge < -0.3 is 18.6 Å². The third-order valence-corrected chi connectivity index (χ3v) is 3.84. The molecule has 2 aromatic heterocycles. The topological polar surface area (TPSA) is 79.8 Å². The van der Waals surface area contributed by atoms with Crippen LogP contribution < -0.4 is 16.2 Å². The van der Waals surface area contributed by atoms with Crippen LogP contribution in [0, 0.1) is 0 Å². The van der Waals surface area contributed by atoms with E-state index in [1.807, 2.05) is 19.0 Å². The fourth-order valence-corrected chi connectivity index (χ4v) is 2.66. The zero-order valence-corrected chi connectivity index (χ0v) is 12.4. The summed E-state index contributed by atoms with van der Waals surface area (Å²) in [6.07, 6.45) is 0.962. The third kappa shape index (κ3) is 2.54. The molecule has 8 heteroatoms. The monoisotopic (exact) mass is 311 g/mol. The second-order valence-electron chi connectivity index (χ2n) is 5.23. The molecule has 3 heterocycles. The molecule has 0 radical (unpaired) electrons. The summed E-state index contributed by atoms with van der Waals surface area (Å²) in [6, 6.07) is 1.74. The van der Waals surface area contributed by atoms with Gasteiger partial charge in [-0.3, -0.25) is 0 Å². The van der Waals surface area contributed by atoms with Crippen molar-refractivity contribution in [2.24, 2.45) is 0 Å². The molecule has 21 heavy (non-hydrogen) atoms. The average molecular weight is 312 g/mol.